The lowest BCUT2D eigenvalue weighted by Crippen LogP contribution is -2.05. The van der Waals surface area contributed by atoms with E-state index in [0.29, 0.717) is 5.71 Å². The van der Waals surface area contributed by atoms with Crippen LogP contribution in [0.5, 0.6) is 0 Å². The fourth-order valence-electron chi connectivity index (χ4n) is 0.703. The molecule has 1 fully saturated rings. The smallest absolute Gasteiger partial charge is 0.0367 e. The highest BCUT2D eigenvalue weighted by Gasteiger charge is 2.39. The van der Waals surface area contributed by atoms with E-state index in [1.807, 2.05) is 0 Å². The molecule has 0 aromatic rings. The molecule has 8 heavy (non-hydrogen) atoms. The van der Waals surface area contributed by atoms with Crippen molar-refractivity contribution in [2.24, 2.45) is 5.41 Å². The summed E-state index contributed by atoms with van der Waals surface area (Å²) < 4.78 is 0. The Kier molecular flexibility index (Phi) is 0.999. The van der Waals surface area contributed by atoms with Crippen molar-refractivity contribution in [1.29, 1.82) is 5.41 Å². The Morgan fingerprint density at radius 1 is 1.75 bits per heavy atom. The maximum atomic E-state index is 7.33. The monoisotopic (exact) mass is 109 g/mol. The average molecular weight is 109 g/mol. The molecule has 0 heterocycles. The van der Waals surface area contributed by atoms with Gasteiger partial charge in [-0.25, -0.2) is 0 Å². The maximum absolute atomic E-state index is 7.33. The van der Waals surface area contributed by atoms with Crippen LogP contribution in [-0.2, 0) is 0 Å². The largest absolute Gasteiger partial charge is 0.305 e. The summed E-state index contributed by atoms with van der Waals surface area (Å²) in [6, 6.07) is 0. The third-order valence-electron chi connectivity index (χ3n) is 1.85. The summed E-state index contributed by atoms with van der Waals surface area (Å²) in [5.74, 6) is 0. The Morgan fingerprint density at radius 3 is 2.38 bits per heavy atom. The minimum atomic E-state index is 0.224. The maximum Gasteiger partial charge on any atom is 0.0367 e. The summed E-state index contributed by atoms with van der Waals surface area (Å²) in [5, 5.41) is 7.33. The van der Waals surface area contributed by atoms with Gasteiger partial charge in [-0.3, -0.25) is 0 Å². The van der Waals surface area contributed by atoms with Gasteiger partial charge in [0.05, 0.1) is 0 Å². The Hall–Kier alpha value is -0.590. The lowest BCUT2D eigenvalue weighted by molar-refractivity contribution is 0.802. The van der Waals surface area contributed by atoms with Crippen molar-refractivity contribution in [3.05, 3.63) is 12.7 Å². The molecule has 1 N–H and O–H groups in total. The van der Waals surface area contributed by atoms with Crippen LogP contribution in [0.3, 0.4) is 0 Å². The zero-order chi connectivity index (χ0) is 6.20. The molecule has 0 radical (unpaired) electrons. The molecule has 0 saturated heterocycles. The highest BCUT2D eigenvalue weighted by molar-refractivity contribution is 5.98. The van der Waals surface area contributed by atoms with Gasteiger partial charge < -0.3 is 5.41 Å². The molecular formula is C7H11N. The van der Waals surface area contributed by atoms with Gasteiger partial charge in [0.2, 0.25) is 0 Å². The first-order valence-electron chi connectivity index (χ1n) is 2.90. The molecule has 0 atom stereocenters. The fourth-order valence-corrected chi connectivity index (χ4v) is 0.703. The lowest BCUT2D eigenvalue weighted by Gasteiger charge is -2.02. The molecule has 0 unspecified atom stereocenters. The van der Waals surface area contributed by atoms with Gasteiger partial charge in [-0.2, -0.15) is 0 Å². The molecule has 0 bridgehead atoms. The van der Waals surface area contributed by atoms with Crippen molar-refractivity contribution in [2.75, 3.05) is 0 Å². The van der Waals surface area contributed by atoms with Crippen LogP contribution in [0.25, 0.3) is 0 Å². The van der Waals surface area contributed by atoms with Crippen molar-refractivity contribution >= 4 is 5.71 Å². The van der Waals surface area contributed by atoms with Gasteiger partial charge in [-0.05, 0) is 18.9 Å². The lowest BCUT2D eigenvalue weighted by atomic mass is 10.0. The van der Waals surface area contributed by atoms with Crippen LogP contribution in [0.2, 0.25) is 0 Å². The molecular weight excluding hydrogens is 98.1 g/mol. The van der Waals surface area contributed by atoms with E-state index in [4.69, 9.17) is 5.41 Å². The van der Waals surface area contributed by atoms with Crippen LogP contribution in [0.4, 0.5) is 0 Å². The first kappa shape index (κ1) is 5.54. The van der Waals surface area contributed by atoms with E-state index in [2.05, 4.69) is 13.5 Å². The van der Waals surface area contributed by atoms with Gasteiger partial charge >= 0.3 is 0 Å². The Bertz CT molecular complexity index is 131. The second kappa shape index (κ2) is 1.44. The van der Waals surface area contributed by atoms with Gasteiger partial charge in [-0.1, -0.05) is 13.5 Å². The molecule has 1 aliphatic carbocycles. The molecule has 1 saturated carbocycles. The Labute approximate surface area is 49.9 Å². The summed E-state index contributed by atoms with van der Waals surface area (Å²) in [6.07, 6.45) is 4.00. The van der Waals surface area contributed by atoms with Crippen molar-refractivity contribution in [3.63, 3.8) is 0 Å². The van der Waals surface area contributed by atoms with Crippen LogP contribution in [0.15, 0.2) is 12.7 Å². The fraction of sp³-hybridized carbons (Fsp3) is 0.571. The molecule has 0 amide bonds. The molecule has 0 aromatic carbocycles. The van der Waals surface area contributed by atoms with E-state index >= 15 is 0 Å². The number of nitrogens with one attached hydrogen (secondary N) is 1. The summed E-state index contributed by atoms with van der Waals surface area (Å²) in [7, 11) is 0. The van der Waals surface area contributed by atoms with E-state index in [9.17, 15) is 0 Å². The number of hydrogen-bond acceptors (Lipinski definition) is 1. The first-order valence-corrected chi connectivity index (χ1v) is 2.90. The molecule has 1 aliphatic rings. The number of rotatable bonds is 2. The SMILES string of the molecule is C=CC(=N)C1(C)CC1. The van der Waals surface area contributed by atoms with E-state index in [1.165, 1.54) is 12.8 Å². The van der Waals surface area contributed by atoms with E-state index in [1.54, 1.807) is 6.08 Å². The zero-order valence-electron chi connectivity index (χ0n) is 5.20. The standard InChI is InChI=1S/C7H11N/c1-3-6(8)7(2)4-5-7/h3,8H,1,4-5H2,2H3. The summed E-state index contributed by atoms with van der Waals surface area (Å²) in [5.41, 5.74) is 0.930. The van der Waals surface area contributed by atoms with E-state index in [0.717, 1.165) is 0 Å². The number of allylic oxidation sites excluding steroid dienone is 1. The Morgan fingerprint density at radius 2 is 2.25 bits per heavy atom. The van der Waals surface area contributed by atoms with Crippen molar-refractivity contribution in [1.82, 2.24) is 0 Å². The summed E-state index contributed by atoms with van der Waals surface area (Å²) in [6.45, 7) is 5.65. The van der Waals surface area contributed by atoms with Crippen LogP contribution in [-0.4, -0.2) is 5.71 Å². The normalized spacial score (nSPS) is 22.1. The third kappa shape index (κ3) is 0.683. The molecule has 0 aliphatic heterocycles. The second-order valence-electron chi connectivity index (χ2n) is 2.68. The summed E-state index contributed by atoms with van der Waals surface area (Å²) >= 11 is 0. The van der Waals surface area contributed by atoms with Gasteiger partial charge in [0.1, 0.15) is 0 Å². The summed E-state index contributed by atoms with van der Waals surface area (Å²) in [4.78, 5) is 0. The van der Waals surface area contributed by atoms with Crippen LogP contribution in [0, 0.1) is 10.8 Å². The molecule has 0 aromatic heterocycles. The highest BCUT2D eigenvalue weighted by Crippen LogP contribution is 2.45. The second-order valence-corrected chi connectivity index (χ2v) is 2.68. The quantitative estimate of drug-likeness (QED) is 0.524. The van der Waals surface area contributed by atoms with Gasteiger partial charge in [0.15, 0.2) is 0 Å². The van der Waals surface area contributed by atoms with Crippen molar-refractivity contribution < 1.29 is 0 Å². The van der Waals surface area contributed by atoms with Gasteiger partial charge in [0.25, 0.3) is 0 Å². The minimum Gasteiger partial charge on any atom is -0.305 e. The molecule has 44 valence electrons. The molecule has 1 rings (SSSR count). The van der Waals surface area contributed by atoms with Crippen LogP contribution in [0.1, 0.15) is 19.8 Å². The van der Waals surface area contributed by atoms with Crippen molar-refractivity contribution in [2.45, 2.75) is 19.8 Å². The predicted molar refractivity (Wildman–Crippen MR) is 35.3 cm³/mol. The number of hydrogen-bond donors (Lipinski definition) is 1. The molecule has 0 spiro atoms. The molecule has 1 nitrogen and oxygen atoms in total. The molecule has 1 heteroatoms. The van der Waals surface area contributed by atoms with E-state index < -0.39 is 0 Å². The van der Waals surface area contributed by atoms with Crippen LogP contribution < -0.4 is 0 Å². The minimum absolute atomic E-state index is 0.224. The highest BCUT2D eigenvalue weighted by atomic mass is 14.6. The van der Waals surface area contributed by atoms with Gasteiger partial charge in [-0.15, -0.1) is 0 Å². The van der Waals surface area contributed by atoms with Gasteiger partial charge in [0, 0.05) is 11.1 Å². The zero-order valence-corrected chi connectivity index (χ0v) is 5.20. The van der Waals surface area contributed by atoms with E-state index in [-0.39, 0.29) is 5.41 Å². The third-order valence-corrected chi connectivity index (χ3v) is 1.85. The van der Waals surface area contributed by atoms with Crippen LogP contribution >= 0.6 is 0 Å². The van der Waals surface area contributed by atoms with Crippen molar-refractivity contribution in [3.8, 4) is 0 Å². The average Bonchev–Trinajstić information content (AvgIpc) is 2.47. The first-order chi connectivity index (χ1) is 3.69. The Balaban J connectivity index is 2.58. The topological polar surface area (TPSA) is 23.9 Å². The predicted octanol–water partition coefficient (Wildman–Crippen LogP) is 1.99.